The molecule has 0 saturated carbocycles. The number of halogens is 1. The van der Waals surface area contributed by atoms with Gasteiger partial charge in [-0.15, -0.1) is 12.4 Å². The summed E-state index contributed by atoms with van der Waals surface area (Å²) in [6.07, 6.45) is 1.82. The number of hydrogen-bond acceptors (Lipinski definition) is 6. The third-order valence-corrected chi connectivity index (χ3v) is 5.05. The van der Waals surface area contributed by atoms with Crippen LogP contribution in [0.1, 0.15) is 33.7 Å². The number of ether oxygens (including phenoxy) is 1. The van der Waals surface area contributed by atoms with Gasteiger partial charge in [-0.25, -0.2) is 4.79 Å². The van der Waals surface area contributed by atoms with E-state index < -0.39 is 17.1 Å². The zero-order chi connectivity index (χ0) is 20.1. The van der Waals surface area contributed by atoms with Crippen LogP contribution in [0.4, 0.5) is 0 Å². The van der Waals surface area contributed by atoms with E-state index in [1.165, 1.54) is 0 Å². The Morgan fingerprint density at radius 2 is 2.03 bits per heavy atom. The fraction of sp³-hybridized carbons (Fsp3) is 0.429. The molecule has 3 rings (SSSR count). The molecule has 0 bridgehead atoms. The van der Waals surface area contributed by atoms with E-state index in [-0.39, 0.29) is 24.5 Å². The third-order valence-electron chi connectivity index (χ3n) is 5.05. The molecule has 0 spiro atoms. The SMILES string of the molecule is COc1ccc(CCc2cc(C)c(C(=O)NCC3(O)CCNC3)c(=O)o2)cc1.Cl. The Kier molecular flexibility index (Phi) is 7.84. The van der Waals surface area contributed by atoms with Crippen molar-refractivity contribution >= 4 is 18.3 Å². The average Bonchev–Trinajstić information content (AvgIpc) is 3.11. The minimum absolute atomic E-state index is 0. The van der Waals surface area contributed by atoms with Crippen molar-refractivity contribution in [1.82, 2.24) is 10.6 Å². The van der Waals surface area contributed by atoms with Gasteiger partial charge in [0, 0.05) is 19.5 Å². The molecular formula is C21H27ClN2O5. The molecule has 1 aromatic carbocycles. The van der Waals surface area contributed by atoms with Crippen LogP contribution in [0.25, 0.3) is 0 Å². The van der Waals surface area contributed by atoms with Crippen molar-refractivity contribution in [2.75, 3.05) is 26.7 Å². The molecule has 1 atom stereocenters. The molecule has 1 aliphatic rings. The zero-order valence-electron chi connectivity index (χ0n) is 16.6. The first-order valence-electron chi connectivity index (χ1n) is 9.38. The van der Waals surface area contributed by atoms with Crippen molar-refractivity contribution < 1.29 is 19.1 Å². The molecule has 8 heteroatoms. The van der Waals surface area contributed by atoms with Gasteiger partial charge in [-0.2, -0.15) is 0 Å². The number of nitrogens with one attached hydrogen (secondary N) is 2. The number of amides is 1. The Morgan fingerprint density at radius 3 is 2.62 bits per heavy atom. The van der Waals surface area contributed by atoms with Crippen molar-refractivity contribution in [3.05, 3.63) is 63.2 Å². The van der Waals surface area contributed by atoms with E-state index in [0.29, 0.717) is 43.7 Å². The molecular weight excluding hydrogens is 396 g/mol. The third kappa shape index (κ3) is 5.82. The first-order chi connectivity index (χ1) is 13.4. The molecule has 7 nitrogen and oxygen atoms in total. The van der Waals surface area contributed by atoms with Crippen molar-refractivity contribution in [1.29, 1.82) is 0 Å². The van der Waals surface area contributed by atoms with Crippen LogP contribution in [0, 0.1) is 6.92 Å². The molecule has 2 heterocycles. The van der Waals surface area contributed by atoms with Gasteiger partial charge in [0.05, 0.1) is 12.7 Å². The number of methoxy groups -OCH3 is 1. The highest BCUT2D eigenvalue weighted by Gasteiger charge is 2.31. The number of benzene rings is 1. The summed E-state index contributed by atoms with van der Waals surface area (Å²) in [6.45, 7) is 2.94. The van der Waals surface area contributed by atoms with E-state index in [9.17, 15) is 14.7 Å². The van der Waals surface area contributed by atoms with E-state index in [4.69, 9.17) is 9.15 Å². The van der Waals surface area contributed by atoms with Gasteiger partial charge in [-0.1, -0.05) is 12.1 Å². The minimum atomic E-state index is -0.970. The standard InChI is InChI=1S/C21H26N2O5.ClH/c1-14-11-17(8-5-15-3-6-16(27-2)7-4-15)28-20(25)18(14)19(24)23-13-21(26)9-10-22-12-21;/h3-4,6-7,11,22,26H,5,8-10,12-13H2,1-2H3,(H,23,24);1H. The number of aliphatic hydroxyl groups is 1. The molecule has 0 aliphatic carbocycles. The van der Waals surface area contributed by atoms with Crippen molar-refractivity contribution in [3.8, 4) is 5.75 Å². The number of β-amino-alcohol motifs (C(OH)–C–C–N with tert-alkyl or cyclic N) is 1. The Labute approximate surface area is 175 Å². The molecule has 1 unspecified atom stereocenters. The van der Waals surface area contributed by atoms with Gasteiger partial charge < -0.3 is 24.9 Å². The largest absolute Gasteiger partial charge is 0.497 e. The van der Waals surface area contributed by atoms with E-state index in [2.05, 4.69) is 10.6 Å². The summed E-state index contributed by atoms with van der Waals surface area (Å²) in [5.41, 5.74) is 0.0279. The summed E-state index contributed by atoms with van der Waals surface area (Å²) in [5, 5.41) is 16.0. The first kappa shape index (κ1) is 22.9. The van der Waals surface area contributed by atoms with E-state index in [1.807, 2.05) is 24.3 Å². The highest BCUT2D eigenvalue weighted by molar-refractivity contribution is 5.95. The van der Waals surface area contributed by atoms with Gasteiger partial charge in [-0.3, -0.25) is 4.79 Å². The molecule has 1 fully saturated rings. The second kappa shape index (κ2) is 9.91. The maximum Gasteiger partial charge on any atom is 0.349 e. The second-order valence-electron chi connectivity index (χ2n) is 7.24. The van der Waals surface area contributed by atoms with Gasteiger partial charge in [0.25, 0.3) is 5.91 Å². The zero-order valence-corrected chi connectivity index (χ0v) is 17.4. The second-order valence-corrected chi connectivity index (χ2v) is 7.24. The van der Waals surface area contributed by atoms with Gasteiger partial charge >= 0.3 is 5.63 Å². The fourth-order valence-electron chi connectivity index (χ4n) is 3.34. The summed E-state index contributed by atoms with van der Waals surface area (Å²) in [6, 6.07) is 9.43. The van der Waals surface area contributed by atoms with Crippen LogP contribution in [0.3, 0.4) is 0 Å². The van der Waals surface area contributed by atoms with Crippen LogP contribution in [0.5, 0.6) is 5.75 Å². The number of rotatable bonds is 7. The Hall–Kier alpha value is -2.35. The van der Waals surface area contributed by atoms with Crippen LogP contribution in [-0.2, 0) is 12.8 Å². The maximum atomic E-state index is 12.4. The monoisotopic (exact) mass is 422 g/mol. The number of aryl methyl sites for hydroxylation is 3. The average molecular weight is 423 g/mol. The van der Waals surface area contributed by atoms with Crippen molar-refractivity contribution in [3.63, 3.8) is 0 Å². The van der Waals surface area contributed by atoms with Gasteiger partial charge in [0.2, 0.25) is 0 Å². The van der Waals surface area contributed by atoms with Crippen LogP contribution >= 0.6 is 12.4 Å². The minimum Gasteiger partial charge on any atom is -0.497 e. The highest BCUT2D eigenvalue weighted by atomic mass is 35.5. The number of carbonyl (C=O) groups excluding carboxylic acids is 1. The lowest BCUT2D eigenvalue weighted by Gasteiger charge is -2.21. The molecule has 1 aliphatic heterocycles. The van der Waals surface area contributed by atoms with Crippen LogP contribution in [0.2, 0.25) is 0 Å². The van der Waals surface area contributed by atoms with E-state index in [1.54, 1.807) is 20.1 Å². The van der Waals surface area contributed by atoms with Crippen molar-refractivity contribution in [2.24, 2.45) is 0 Å². The highest BCUT2D eigenvalue weighted by Crippen LogP contribution is 2.15. The predicted molar refractivity (Wildman–Crippen MR) is 112 cm³/mol. The Balaban J connectivity index is 0.00000300. The van der Waals surface area contributed by atoms with Crippen LogP contribution in [-0.4, -0.2) is 43.4 Å². The maximum absolute atomic E-state index is 12.4. The summed E-state index contributed by atoms with van der Waals surface area (Å²) in [5.74, 6) is 0.807. The number of carbonyl (C=O) groups is 1. The topological polar surface area (TPSA) is 101 Å². The predicted octanol–water partition coefficient (Wildman–Crippen LogP) is 1.62. The van der Waals surface area contributed by atoms with Gasteiger partial charge in [-0.05, 0) is 55.6 Å². The summed E-state index contributed by atoms with van der Waals surface area (Å²) < 4.78 is 10.5. The quantitative estimate of drug-likeness (QED) is 0.626. The molecule has 2 aromatic rings. The molecule has 3 N–H and O–H groups in total. The Morgan fingerprint density at radius 1 is 1.31 bits per heavy atom. The fourth-order valence-corrected chi connectivity index (χ4v) is 3.34. The van der Waals surface area contributed by atoms with Crippen LogP contribution in [0.15, 0.2) is 39.5 Å². The molecule has 1 saturated heterocycles. The van der Waals surface area contributed by atoms with Gasteiger partial charge in [0.15, 0.2) is 0 Å². The first-order valence-corrected chi connectivity index (χ1v) is 9.38. The van der Waals surface area contributed by atoms with Gasteiger partial charge in [0.1, 0.15) is 17.1 Å². The lowest BCUT2D eigenvalue weighted by molar-refractivity contribution is 0.0560. The number of hydrogen-bond donors (Lipinski definition) is 3. The molecule has 0 radical (unpaired) electrons. The smallest absolute Gasteiger partial charge is 0.349 e. The summed E-state index contributed by atoms with van der Waals surface area (Å²) in [7, 11) is 1.62. The summed E-state index contributed by atoms with van der Waals surface area (Å²) >= 11 is 0. The molecule has 158 valence electrons. The Bertz CT molecular complexity index is 889. The van der Waals surface area contributed by atoms with Crippen molar-refractivity contribution in [2.45, 2.75) is 31.8 Å². The lowest BCUT2D eigenvalue weighted by Crippen LogP contribution is -2.45. The van der Waals surface area contributed by atoms with E-state index in [0.717, 1.165) is 11.3 Å². The normalized spacial score (nSPS) is 18.2. The van der Waals surface area contributed by atoms with E-state index >= 15 is 0 Å². The molecule has 1 aromatic heterocycles. The van der Waals surface area contributed by atoms with Crippen LogP contribution < -0.4 is 21.0 Å². The molecule has 1 amide bonds. The summed E-state index contributed by atoms with van der Waals surface area (Å²) in [4.78, 5) is 24.8. The molecule has 29 heavy (non-hydrogen) atoms. The lowest BCUT2D eigenvalue weighted by atomic mass is 10.0.